The van der Waals surface area contributed by atoms with Gasteiger partial charge in [-0.1, -0.05) is 115 Å². The highest BCUT2D eigenvalue weighted by Gasteiger charge is 2.15. The zero-order valence-electron chi connectivity index (χ0n) is 20.0. The molecule has 0 aliphatic rings. The Hall–Kier alpha value is -4.96. The first-order valence-electron chi connectivity index (χ1n) is 11.7. The molecule has 0 radical (unpaired) electrons. The van der Waals surface area contributed by atoms with Crippen LogP contribution in [0.1, 0.15) is 22.3 Å². The van der Waals surface area contributed by atoms with E-state index in [1.807, 2.05) is 84.9 Å². The first-order valence-corrected chi connectivity index (χ1v) is 11.7. The van der Waals surface area contributed by atoms with Crippen LogP contribution in [0.2, 0.25) is 0 Å². The summed E-state index contributed by atoms with van der Waals surface area (Å²) in [6.45, 7) is 0. The number of benzene rings is 4. The van der Waals surface area contributed by atoms with E-state index < -0.39 is 0 Å². The van der Waals surface area contributed by atoms with Crippen molar-refractivity contribution < 1.29 is 0 Å². The predicted octanol–water partition coefficient (Wildman–Crippen LogP) is 6.32. The van der Waals surface area contributed by atoms with Crippen LogP contribution in [-0.2, 0) is 0 Å². The van der Waals surface area contributed by atoms with Gasteiger partial charge in [0.15, 0.2) is 0 Å². The second-order valence-electron chi connectivity index (χ2n) is 8.36. The van der Waals surface area contributed by atoms with Gasteiger partial charge in [0.25, 0.3) is 0 Å². The van der Waals surface area contributed by atoms with E-state index in [0.717, 1.165) is 27.8 Å². The molecular weight excluding hydrogens is 440 g/mol. The van der Waals surface area contributed by atoms with E-state index in [2.05, 4.69) is 42.5 Å². The van der Waals surface area contributed by atoms with Crippen LogP contribution in [-0.4, -0.2) is 0 Å². The highest BCUT2D eigenvalue weighted by atomic mass is 14.7. The minimum Gasteiger partial charge on any atom is -0.397 e. The average molecular weight is 471 g/mol. The van der Waals surface area contributed by atoms with Crippen molar-refractivity contribution in [3.63, 3.8) is 0 Å². The maximum absolute atomic E-state index is 6.80. The summed E-state index contributed by atoms with van der Waals surface area (Å²) in [7, 11) is 0. The molecule has 0 aliphatic carbocycles. The summed E-state index contributed by atoms with van der Waals surface area (Å²) in [4.78, 5) is 0. The first-order chi connectivity index (χ1) is 17.5. The van der Waals surface area contributed by atoms with E-state index in [1.165, 1.54) is 0 Å². The number of nitrogen functional groups attached to an aromatic ring is 2. The molecule has 4 aromatic carbocycles. The summed E-state index contributed by atoms with van der Waals surface area (Å²) in [6.07, 6.45) is 8.25. The van der Waals surface area contributed by atoms with Crippen molar-refractivity contribution in [1.82, 2.24) is 0 Å². The Labute approximate surface area is 212 Å². The Balaban J connectivity index is 1.93. The van der Waals surface area contributed by atoms with Crippen LogP contribution in [0.25, 0.3) is 23.9 Å². The standard InChI is InChI=1S/C32H30N4/c33-29-18-10-17-27(30(29)34)31(35)32(36)28(22-25-15-8-3-9-16-25)26(21-24-13-6-2-7-14-24)20-19-23-11-4-1-5-12-23/h1-22H,33-36H2. The molecule has 0 atom stereocenters. The van der Waals surface area contributed by atoms with Crippen LogP contribution in [0.5, 0.6) is 0 Å². The molecule has 4 aromatic rings. The quantitative estimate of drug-likeness (QED) is 0.187. The van der Waals surface area contributed by atoms with Crippen LogP contribution < -0.4 is 22.9 Å². The topological polar surface area (TPSA) is 104 Å². The van der Waals surface area contributed by atoms with Crippen molar-refractivity contribution in [2.45, 2.75) is 0 Å². The van der Waals surface area contributed by atoms with Gasteiger partial charge in [-0.15, -0.1) is 0 Å². The molecule has 4 heteroatoms. The maximum atomic E-state index is 6.80. The minimum atomic E-state index is 0.369. The van der Waals surface area contributed by atoms with Crippen molar-refractivity contribution in [3.05, 3.63) is 154 Å². The molecule has 0 amide bonds. The Kier molecular flexibility index (Phi) is 7.69. The van der Waals surface area contributed by atoms with Crippen molar-refractivity contribution in [1.29, 1.82) is 0 Å². The smallest absolute Gasteiger partial charge is 0.0649 e. The third-order valence-electron chi connectivity index (χ3n) is 5.81. The molecule has 36 heavy (non-hydrogen) atoms. The Morgan fingerprint density at radius 3 is 1.67 bits per heavy atom. The van der Waals surface area contributed by atoms with Crippen LogP contribution in [0.4, 0.5) is 11.4 Å². The van der Waals surface area contributed by atoms with Gasteiger partial charge < -0.3 is 22.9 Å². The summed E-state index contributed by atoms with van der Waals surface area (Å²) in [5.41, 5.74) is 32.8. The molecule has 178 valence electrons. The lowest BCUT2D eigenvalue weighted by atomic mass is 9.94. The summed E-state index contributed by atoms with van der Waals surface area (Å²) >= 11 is 0. The average Bonchev–Trinajstić information content (AvgIpc) is 2.92. The molecular formula is C32H30N4. The van der Waals surface area contributed by atoms with E-state index in [9.17, 15) is 0 Å². The van der Waals surface area contributed by atoms with Gasteiger partial charge in [0, 0.05) is 11.1 Å². The fraction of sp³-hybridized carbons (Fsp3) is 0. The number of para-hydroxylation sites is 1. The van der Waals surface area contributed by atoms with Gasteiger partial charge in [-0.3, -0.25) is 0 Å². The summed E-state index contributed by atoms with van der Waals surface area (Å²) < 4.78 is 0. The summed E-state index contributed by atoms with van der Waals surface area (Å²) in [5.74, 6) is 0. The Morgan fingerprint density at radius 2 is 1.08 bits per heavy atom. The molecule has 0 spiro atoms. The van der Waals surface area contributed by atoms with Crippen LogP contribution in [0, 0.1) is 0 Å². The largest absolute Gasteiger partial charge is 0.397 e. The number of rotatable bonds is 7. The lowest BCUT2D eigenvalue weighted by Crippen LogP contribution is -2.14. The molecule has 0 saturated carbocycles. The maximum Gasteiger partial charge on any atom is 0.0649 e. The Morgan fingerprint density at radius 1 is 0.556 bits per heavy atom. The van der Waals surface area contributed by atoms with E-state index >= 15 is 0 Å². The van der Waals surface area contributed by atoms with Crippen LogP contribution in [0.3, 0.4) is 0 Å². The van der Waals surface area contributed by atoms with E-state index in [-0.39, 0.29) is 0 Å². The lowest BCUT2D eigenvalue weighted by molar-refractivity contribution is 1.30. The molecule has 0 unspecified atom stereocenters. The zero-order valence-corrected chi connectivity index (χ0v) is 20.0. The number of allylic oxidation sites excluding steroid dienone is 2. The molecule has 4 nitrogen and oxygen atoms in total. The van der Waals surface area contributed by atoms with Crippen molar-refractivity contribution in [2.24, 2.45) is 11.5 Å². The number of hydrogen-bond acceptors (Lipinski definition) is 4. The number of anilines is 2. The van der Waals surface area contributed by atoms with Gasteiger partial charge in [-0.2, -0.15) is 0 Å². The molecule has 0 fully saturated rings. The predicted molar refractivity (Wildman–Crippen MR) is 155 cm³/mol. The molecule has 0 heterocycles. The molecule has 0 aromatic heterocycles. The van der Waals surface area contributed by atoms with Gasteiger partial charge in [-0.25, -0.2) is 0 Å². The van der Waals surface area contributed by atoms with Gasteiger partial charge in [-0.05, 0) is 40.5 Å². The molecule has 8 N–H and O–H groups in total. The molecule has 4 rings (SSSR count). The van der Waals surface area contributed by atoms with Crippen molar-refractivity contribution in [2.75, 3.05) is 11.5 Å². The fourth-order valence-electron chi connectivity index (χ4n) is 3.84. The van der Waals surface area contributed by atoms with Gasteiger partial charge in [0.1, 0.15) is 0 Å². The highest BCUT2D eigenvalue weighted by Crippen LogP contribution is 2.31. The monoisotopic (exact) mass is 470 g/mol. The number of hydrogen-bond donors (Lipinski definition) is 4. The molecule has 0 saturated heterocycles. The summed E-state index contributed by atoms with van der Waals surface area (Å²) in [6, 6.07) is 35.6. The number of nitrogens with two attached hydrogens (primary N) is 4. The Bertz CT molecular complexity index is 1430. The second kappa shape index (κ2) is 11.4. The van der Waals surface area contributed by atoms with Crippen LogP contribution in [0.15, 0.2) is 132 Å². The lowest BCUT2D eigenvalue weighted by Gasteiger charge is -2.16. The third-order valence-corrected chi connectivity index (χ3v) is 5.81. The summed E-state index contributed by atoms with van der Waals surface area (Å²) in [5, 5.41) is 0. The normalized spacial score (nSPS) is 13.0. The van der Waals surface area contributed by atoms with Crippen molar-refractivity contribution in [3.8, 4) is 0 Å². The van der Waals surface area contributed by atoms with Gasteiger partial charge in [0.05, 0.1) is 22.8 Å². The first kappa shape index (κ1) is 24.2. The fourth-order valence-corrected chi connectivity index (χ4v) is 3.84. The SMILES string of the molecule is NC(C(=Cc1ccccc1)C(C=Cc1ccccc1)=Cc1ccccc1)=C(N)c1cccc(N)c1N. The van der Waals surface area contributed by atoms with Crippen molar-refractivity contribution >= 4 is 35.3 Å². The molecule has 0 aliphatic heterocycles. The van der Waals surface area contributed by atoms with Gasteiger partial charge in [0.2, 0.25) is 0 Å². The van der Waals surface area contributed by atoms with E-state index in [4.69, 9.17) is 22.9 Å². The minimum absolute atomic E-state index is 0.369. The van der Waals surface area contributed by atoms with E-state index in [1.54, 1.807) is 6.07 Å². The second-order valence-corrected chi connectivity index (χ2v) is 8.36. The van der Waals surface area contributed by atoms with Gasteiger partial charge >= 0.3 is 0 Å². The third kappa shape index (κ3) is 5.93. The van der Waals surface area contributed by atoms with E-state index in [0.29, 0.717) is 28.3 Å². The zero-order chi connectivity index (χ0) is 25.3. The van der Waals surface area contributed by atoms with Crippen LogP contribution >= 0.6 is 0 Å². The highest BCUT2D eigenvalue weighted by molar-refractivity contribution is 5.87. The molecule has 0 bridgehead atoms.